The van der Waals surface area contributed by atoms with Gasteiger partial charge in [0.25, 0.3) is 0 Å². The largest absolute Gasteiger partial charge is 0.384 e. The number of amidine groups is 1. The SMILES string of the molecule is Cn1c(Cc2ccc(C(=N)N)cc2)nc2cc(C(=O)C3(C)CCCCC3)ccc21. The zero-order valence-electron chi connectivity index (χ0n) is 17.2. The molecular weight excluding hydrogens is 360 g/mol. The minimum atomic E-state index is -0.234. The third-order valence-electron chi connectivity index (χ3n) is 6.37. The molecule has 0 amide bonds. The fraction of sp³-hybridized carbons (Fsp3) is 0.375. The summed E-state index contributed by atoms with van der Waals surface area (Å²) in [5.74, 6) is 1.28. The van der Waals surface area contributed by atoms with Crippen LogP contribution in [0.4, 0.5) is 0 Å². The number of aryl methyl sites for hydroxylation is 1. The number of nitrogens with one attached hydrogen (secondary N) is 1. The lowest BCUT2D eigenvalue weighted by Crippen LogP contribution is -2.30. The molecule has 0 spiro atoms. The summed E-state index contributed by atoms with van der Waals surface area (Å²) in [6, 6.07) is 13.6. The van der Waals surface area contributed by atoms with Gasteiger partial charge in [0.05, 0.1) is 11.0 Å². The van der Waals surface area contributed by atoms with E-state index in [9.17, 15) is 4.79 Å². The number of Topliss-reactive ketones (excluding diaryl/α,β-unsaturated/α-hetero) is 1. The van der Waals surface area contributed by atoms with Crippen molar-refractivity contribution in [3.63, 3.8) is 0 Å². The van der Waals surface area contributed by atoms with Gasteiger partial charge in [0, 0.05) is 30.0 Å². The zero-order valence-corrected chi connectivity index (χ0v) is 17.2. The van der Waals surface area contributed by atoms with E-state index in [0.29, 0.717) is 6.42 Å². The van der Waals surface area contributed by atoms with Crippen LogP contribution in [0.5, 0.6) is 0 Å². The first-order chi connectivity index (χ1) is 13.9. The number of nitrogen functional groups attached to an aromatic ring is 1. The lowest BCUT2D eigenvalue weighted by atomic mass is 9.71. The Morgan fingerprint density at radius 3 is 2.41 bits per heavy atom. The van der Waals surface area contributed by atoms with Crippen LogP contribution in [-0.2, 0) is 13.5 Å². The quantitative estimate of drug-likeness (QED) is 0.380. The molecule has 0 aliphatic heterocycles. The predicted octanol–water partition coefficient (Wildman–Crippen LogP) is 4.60. The molecule has 0 bridgehead atoms. The van der Waals surface area contributed by atoms with Gasteiger partial charge in [0.1, 0.15) is 11.7 Å². The van der Waals surface area contributed by atoms with Gasteiger partial charge in [0.2, 0.25) is 0 Å². The van der Waals surface area contributed by atoms with Crippen molar-refractivity contribution in [1.82, 2.24) is 9.55 Å². The first-order valence-corrected chi connectivity index (χ1v) is 10.3. The van der Waals surface area contributed by atoms with E-state index in [1.54, 1.807) is 0 Å². The molecule has 29 heavy (non-hydrogen) atoms. The summed E-state index contributed by atoms with van der Waals surface area (Å²) in [5.41, 5.74) is 9.81. The van der Waals surface area contributed by atoms with E-state index >= 15 is 0 Å². The molecule has 5 heteroatoms. The van der Waals surface area contributed by atoms with E-state index in [2.05, 4.69) is 11.5 Å². The smallest absolute Gasteiger partial charge is 0.168 e. The van der Waals surface area contributed by atoms with Crippen LogP contribution in [0.15, 0.2) is 42.5 Å². The van der Waals surface area contributed by atoms with Gasteiger partial charge in [-0.1, -0.05) is 50.5 Å². The summed E-state index contributed by atoms with van der Waals surface area (Å²) in [4.78, 5) is 18.0. The van der Waals surface area contributed by atoms with Crippen LogP contribution in [-0.4, -0.2) is 21.2 Å². The molecule has 1 aliphatic rings. The maximum absolute atomic E-state index is 13.2. The van der Waals surface area contributed by atoms with Gasteiger partial charge in [-0.15, -0.1) is 0 Å². The summed E-state index contributed by atoms with van der Waals surface area (Å²) < 4.78 is 2.09. The molecule has 150 valence electrons. The molecule has 1 aromatic heterocycles. The second-order valence-electron chi connectivity index (χ2n) is 8.53. The summed E-state index contributed by atoms with van der Waals surface area (Å²) in [6.07, 6.45) is 6.16. The number of fused-ring (bicyclic) bond motifs is 1. The molecule has 1 fully saturated rings. The average Bonchev–Trinajstić information content (AvgIpc) is 3.03. The Morgan fingerprint density at radius 2 is 1.76 bits per heavy atom. The number of imidazole rings is 1. The molecule has 0 atom stereocenters. The van der Waals surface area contributed by atoms with Crippen LogP contribution in [0.25, 0.3) is 11.0 Å². The molecule has 1 saturated carbocycles. The molecule has 1 aliphatic carbocycles. The summed E-state index contributed by atoms with van der Waals surface area (Å²) in [6.45, 7) is 2.12. The third-order valence-corrected chi connectivity index (χ3v) is 6.37. The van der Waals surface area contributed by atoms with E-state index in [1.807, 2.05) is 49.5 Å². The topological polar surface area (TPSA) is 84.8 Å². The van der Waals surface area contributed by atoms with Crippen LogP contribution in [0.1, 0.15) is 66.3 Å². The highest BCUT2D eigenvalue weighted by atomic mass is 16.1. The fourth-order valence-electron chi connectivity index (χ4n) is 4.44. The van der Waals surface area contributed by atoms with E-state index in [-0.39, 0.29) is 17.0 Å². The van der Waals surface area contributed by atoms with Crippen LogP contribution in [0, 0.1) is 10.8 Å². The number of nitrogens with zero attached hydrogens (tertiary/aromatic N) is 2. The van der Waals surface area contributed by atoms with Gasteiger partial charge in [-0.05, 0) is 36.6 Å². The second-order valence-corrected chi connectivity index (χ2v) is 8.53. The van der Waals surface area contributed by atoms with Gasteiger partial charge >= 0.3 is 0 Å². The van der Waals surface area contributed by atoms with Crippen molar-refractivity contribution in [2.45, 2.75) is 45.4 Å². The van der Waals surface area contributed by atoms with Crippen molar-refractivity contribution < 1.29 is 4.79 Å². The molecule has 3 aromatic rings. The second kappa shape index (κ2) is 7.47. The third kappa shape index (κ3) is 3.69. The normalized spacial score (nSPS) is 16.1. The molecule has 4 rings (SSSR count). The van der Waals surface area contributed by atoms with Gasteiger partial charge < -0.3 is 10.3 Å². The Kier molecular flexibility index (Phi) is 4.99. The molecule has 0 radical (unpaired) electrons. The number of nitrogens with two attached hydrogens (primary N) is 1. The van der Waals surface area contributed by atoms with E-state index in [4.69, 9.17) is 16.1 Å². The van der Waals surface area contributed by atoms with Crippen molar-refractivity contribution in [3.8, 4) is 0 Å². The van der Waals surface area contributed by atoms with Crippen LogP contribution < -0.4 is 5.73 Å². The Balaban J connectivity index is 1.61. The summed E-state index contributed by atoms with van der Waals surface area (Å²) >= 11 is 0. The Labute approximate surface area is 171 Å². The van der Waals surface area contributed by atoms with Gasteiger partial charge in [-0.3, -0.25) is 10.2 Å². The van der Waals surface area contributed by atoms with Crippen molar-refractivity contribution >= 4 is 22.7 Å². The summed E-state index contributed by atoms with van der Waals surface area (Å²) in [5, 5.41) is 7.51. The van der Waals surface area contributed by atoms with Crippen LogP contribution in [0.2, 0.25) is 0 Å². The number of carbonyl (C=O) groups excluding carboxylic acids is 1. The van der Waals surface area contributed by atoms with Gasteiger partial charge in [0.15, 0.2) is 5.78 Å². The highest BCUT2D eigenvalue weighted by Crippen LogP contribution is 2.39. The first-order valence-electron chi connectivity index (χ1n) is 10.3. The van der Waals surface area contributed by atoms with Crippen molar-refractivity contribution in [2.75, 3.05) is 0 Å². The highest BCUT2D eigenvalue weighted by molar-refractivity contribution is 6.02. The maximum atomic E-state index is 13.2. The average molecular weight is 389 g/mol. The Hall–Kier alpha value is -2.95. The number of hydrogen-bond acceptors (Lipinski definition) is 3. The number of aromatic nitrogens is 2. The van der Waals surface area contributed by atoms with E-state index in [1.165, 1.54) is 6.42 Å². The monoisotopic (exact) mass is 388 g/mol. The summed E-state index contributed by atoms with van der Waals surface area (Å²) in [7, 11) is 2.01. The minimum Gasteiger partial charge on any atom is -0.384 e. The Morgan fingerprint density at radius 1 is 1.10 bits per heavy atom. The molecule has 1 heterocycles. The number of benzene rings is 2. The van der Waals surface area contributed by atoms with Crippen molar-refractivity contribution in [1.29, 1.82) is 5.41 Å². The lowest BCUT2D eigenvalue weighted by Gasteiger charge is -2.32. The maximum Gasteiger partial charge on any atom is 0.168 e. The number of carbonyl (C=O) groups is 1. The fourth-order valence-corrected chi connectivity index (χ4v) is 4.44. The molecule has 0 unspecified atom stereocenters. The lowest BCUT2D eigenvalue weighted by molar-refractivity contribution is 0.0749. The molecule has 0 saturated heterocycles. The van der Waals surface area contributed by atoms with E-state index < -0.39 is 0 Å². The van der Waals surface area contributed by atoms with Crippen molar-refractivity contribution in [2.24, 2.45) is 18.2 Å². The minimum absolute atomic E-state index is 0.0724. The zero-order chi connectivity index (χ0) is 20.6. The predicted molar refractivity (Wildman–Crippen MR) is 117 cm³/mol. The molecular formula is C24H28N4O. The molecule has 5 nitrogen and oxygen atoms in total. The molecule has 2 aromatic carbocycles. The Bertz CT molecular complexity index is 1070. The molecule has 3 N–H and O–H groups in total. The highest BCUT2D eigenvalue weighted by Gasteiger charge is 2.35. The number of hydrogen-bond donors (Lipinski definition) is 2. The van der Waals surface area contributed by atoms with Gasteiger partial charge in [-0.2, -0.15) is 0 Å². The number of rotatable bonds is 5. The van der Waals surface area contributed by atoms with Crippen LogP contribution in [0.3, 0.4) is 0 Å². The van der Waals surface area contributed by atoms with Crippen molar-refractivity contribution in [3.05, 3.63) is 65.0 Å². The first kappa shape index (κ1) is 19.4. The number of ketones is 1. The van der Waals surface area contributed by atoms with Gasteiger partial charge in [-0.25, -0.2) is 4.98 Å². The van der Waals surface area contributed by atoms with E-state index in [0.717, 1.165) is 59.2 Å². The van der Waals surface area contributed by atoms with Crippen LogP contribution >= 0.6 is 0 Å². The standard InChI is InChI=1S/C24H28N4O/c1-24(12-4-3-5-13-24)22(29)18-10-11-20-19(15-18)27-21(28(20)2)14-16-6-8-17(9-7-16)23(25)26/h6-11,15H,3-5,12-14H2,1-2H3,(H3,25,26).